The Labute approximate surface area is 146 Å². The molecular formula is C21H30N2O. The monoisotopic (exact) mass is 326 g/mol. The minimum atomic E-state index is 0.646. The number of nitrogens with two attached hydrogens (primary N) is 1. The van der Waals surface area contributed by atoms with Crippen LogP contribution >= 0.6 is 0 Å². The van der Waals surface area contributed by atoms with E-state index >= 15 is 0 Å². The molecule has 0 fully saturated rings. The van der Waals surface area contributed by atoms with Crippen molar-refractivity contribution >= 4 is 5.69 Å². The van der Waals surface area contributed by atoms with Gasteiger partial charge in [0, 0.05) is 6.42 Å². The Balaban J connectivity index is 1.73. The van der Waals surface area contributed by atoms with Crippen molar-refractivity contribution < 1.29 is 4.74 Å². The molecule has 2 aromatic rings. The molecule has 0 aromatic heterocycles. The van der Waals surface area contributed by atoms with Gasteiger partial charge in [-0.25, -0.2) is 0 Å². The van der Waals surface area contributed by atoms with Gasteiger partial charge in [0.2, 0.25) is 0 Å². The van der Waals surface area contributed by atoms with Crippen molar-refractivity contribution in [3.8, 4) is 5.75 Å². The van der Waals surface area contributed by atoms with Crippen molar-refractivity contribution in [3.05, 3.63) is 59.7 Å². The number of hydrogen-bond donors (Lipinski definition) is 2. The Hall–Kier alpha value is -2.00. The first kappa shape index (κ1) is 18.3. The van der Waals surface area contributed by atoms with Gasteiger partial charge in [0.05, 0.1) is 12.3 Å². The molecule has 0 saturated carbocycles. The first-order valence-corrected chi connectivity index (χ1v) is 8.91. The number of ether oxygens (including phenoxy) is 1. The molecule has 3 N–H and O–H groups in total. The third kappa shape index (κ3) is 6.63. The Bertz CT molecular complexity index is 596. The summed E-state index contributed by atoms with van der Waals surface area (Å²) in [7, 11) is 0. The van der Waals surface area contributed by atoms with Crippen LogP contribution < -0.4 is 15.8 Å². The van der Waals surface area contributed by atoms with Crippen molar-refractivity contribution in [1.82, 2.24) is 5.32 Å². The standard InChI is InChI=1S/C21H30N2O/c1-17(2)16-23-13-6-9-19-10-11-21(20(22)15-19)24-14-12-18-7-4-3-5-8-18/h3-5,7-8,10-11,15,17,23H,6,9,12-14,16,22H2,1-2H3. The van der Waals surface area contributed by atoms with Crippen LogP contribution in [0.5, 0.6) is 5.75 Å². The van der Waals surface area contributed by atoms with Crippen molar-refractivity contribution in [1.29, 1.82) is 0 Å². The van der Waals surface area contributed by atoms with E-state index in [1.165, 1.54) is 11.1 Å². The van der Waals surface area contributed by atoms with Crippen LogP contribution in [0.25, 0.3) is 0 Å². The molecule has 0 aliphatic heterocycles. The molecule has 0 radical (unpaired) electrons. The maximum absolute atomic E-state index is 6.13. The number of rotatable bonds is 10. The second-order valence-corrected chi connectivity index (χ2v) is 6.66. The van der Waals surface area contributed by atoms with Crippen molar-refractivity contribution in [2.24, 2.45) is 5.92 Å². The van der Waals surface area contributed by atoms with E-state index in [0.717, 1.165) is 43.8 Å². The maximum atomic E-state index is 6.13. The summed E-state index contributed by atoms with van der Waals surface area (Å²) in [6, 6.07) is 16.5. The van der Waals surface area contributed by atoms with E-state index in [1.807, 2.05) is 18.2 Å². The quantitative estimate of drug-likeness (QED) is 0.511. The molecular weight excluding hydrogens is 296 g/mol. The van der Waals surface area contributed by atoms with Crippen LogP contribution in [0.2, 0.25) is 0 Å². The summed E-state index contributed by atoms with van der Waals surface area (Å²) >= 11 is 0. The topological polar surface area (TPSA) is 47.3 Å². The van der Waals surface area contributed by atoms with Gasteiger partial charge in [-0.05, 0) is 55.1 Å². The third-order valence-corrected chi connectivity index (χ3v) is 3.94. The first-order chi connectivity index (χ1) is 11.6. The Morgan fingerprint density at radius 3 is 2.50 bits per heavy atom. The lowest BCUT2D eigenvalue weighted by molar-refractivity contribution is 0.323. The molecule has 130 valence electrons. The number of anilines is 1. The van der Waals surface area contributed by atoms with Crippen LogP contribution in [-0.2, 0) is 12.8 Å². The molecule has 0 unspecified atom stereocenters. The average Bonchev–Trinajstić information content (AvgIpc) is 2.57. The van der Waals surface area contributed by atoms with Crippen molar-refractivity contribution in [3.63, 3.8) is 0 Å². The fourth-order valence-electron chi connectivity index (χ4n) is 2.62. The molecule has 0 aliphatic rings. The lowest BCUT2D eigenvalue weighted by Crippen LogP contribution is -2.21. The summed E-state index contributed by atoms with van der Waals surface area (Å²) in [5.74, 6) is 1.49. The van der Waals surface area contributed by atoms with E-state index in [1.54, 1.807) is 0 Å². The summed E-state index contributed by atoms with van der Waals surface area (Å²) in [4.78, 5) is 0. The molecule has 2 rings (SSSR count). The molecule has 0 spiro atoms. The van der Waals surface area contributed by atoms with Crippen LogP contribution in [0.1, 0.15) is 31.4 Å². The first-order valence-electron chi connectivity index (χ1n) is 8.91. The van der Waals surface area contributed by atoms with Gasteiger partial charge >= 0.3 is 0 Å². The maximum Gasteiger partial charge on any atom is 0.142 e. The van der Waals surface area contributed by atoms with E-state index in [2.05, 4.69) is 49.5 Å². The largest absolute Gasteiger partial charge is 0.491 e. The molecule has 24 heavy (non-hydrogen) atoms. The smallest absolute Gasteiger partial charge is 0.142 e. The molecule has 2 aromatic carbocycles. The number of aryl methyl sites for hydroxylation is 1. The van der Waals surface area contributed by atoms with Crippen LogP contribution in [0.4, 0.5) is 5.69 Å². The van der Waals surface area contributed by atoms with Crippen LogP contribution in [0.3, 0.4) is 0 Å². The predicted octanol–water partition coefficient (Wildman–Crippen LogP) is 4.07. The molecule has 0 aliphatic carbocycles. The van der Waals surface area contributed by atoms with Gasteiger partial charge in [-0.15, -0.1) is 0 Å². The highest BCUT2D eigenvalue weighted by Crippen LogP contribution is 2.23. The molecule has 0 bridgehead atoms. The van der Waals surface area contributed by atoms with E-state index in [4.69, 9.17) is 10.5 Å². The summed E-state index contributed by atoms with van der Waals surface area (Å²) in [6.45, 7) is 7.23. The Morgan fingerprint density at radius 1 is 1.00 bits per heavy atom. The molecule has 0 heterocycles. The molecule has 0 atom stereocenters. The zero-order valence-corrected chi connectivity index (χ0v) is 14.9. The zero-order chi connectivity index (χ0) is 17.2. The molecule has 0 saturated heterocycles. The normalized spacial score (nSPS) is 11.0. The van der Waals surface area contributed by atoms with Gasteiger partial charge in [0.1, 0.15) is 5.75 Å². The average molecular weight is 326 g/mol. The predicted molar refractivity (Wildman–Crippen MR) is 103 cm³/mol. The highest BCUT2D eigenvalue weighted by Gasteiger charge is 2.03. The summed E-state index contributed by atoms with van der Waals surface area (Å²) < 4.78 is 5.83. The van der Waals surface area contributed by atoms with Gasteiger partial charge < -0.3 is 15.8 Å². The molecule has 0 amide bonds. The second-order valence-electron chi connectivity index (χ2n) is 6.66. The van der Waals surface area contributed by atoms with Gasteiger partial charge in [0.25, 0.3) is 0 Å². The van der Waals surface area contributed by atoms with Crippen LogP contribution in [0, 0.1) is 5.92 Å². The minimum absolute atomic E-state index is 0.646. The highest BCUT2D eigenvalue weighted by atomic mass is 16.5. The van der Waals surface area contributed by atoms with E-state index < -0.39 is 0 Å². The minimum Gasteiger partial charge on any atom is -0.491 e. The van der Waals surface area contributed by atoms with Crippen molar-refractivity contribution in [2.75, 3.05) is 25.4 Å². The summed E-state index contributed by atoms with van der Waals surface area (Å²) in [6.07, 6.45) is 3.06. The number of nitrogen functional groups attached to an aromatic ring is 1. The van der Waals surface area contributed by atoms with E-state index in [0.29, 0.717) is 12.5 Å². The lowest BCUT2D eigenvalue weighted by atomic mass is 10.1. The fraction of sp³-hybridized carbons (Fsp3) is 0.429. The van der Waals surface area contributed by atoms with Gasteiger partial charge in [-0.1, -0.05) is 50.2 Å². The second kappa shape index (κ2) is 9.99. The molecule has 3 nitrogen and oxygen atoms in total. The SMILES string of the molecule is CC(C)CNCCCc1ccc(OCCc2ccccc2)c(N)c1. The van der Waals surface area contributed by atoms with Crippen LogP contribution in [0.15, 0.2) is 48.5 Å². The third-order valence-electron chi connectivity index (χ3n) is 3.94. The lowest BCUT2D eigenvalue weighted by Gasteiger charge is -2.11. The van der Waals surface area contributed by atoms with Crippen molar-refractivity contribution in [2.45, 2.75) is 33.1 Å². The highest BCUT2D eigenvalue weighted by molar-refractivity contribution is 5.54. The van der Waals surface area contributed by atoms with Crippen LogP contribution in [-0.4, -0.2) is 19.7 Å². The van der Waals surface area contributed by atoms with Gasteiger partial charge in [-0.2, -0.15) is 0 Å². The summed E-state index contributed by atoms with van der Waals surface area (Å²) in [5.41, 5.74) is 9.41. The van der Waals surface area contributed by atoms with E-state index in [-0.39, 0.29) is 0 Å². The summed E-state index contributed by atoms with van der Waals surface area (Å²) in [5, 5.41) is 3.47. The zero-order valence-electron chi connectivity index (χ0n) is 14.9. The van der Waals surface area contributed by atoms with Gasteiger partial charge in [0.15, 0.2) is 0 Å². The molecule has 3 heteroatoms. The number of nitrogens with one attached hydrogen (secondary N) is 1. The Morgan fingerprint density at radius 2 is 1.79 bits per heavy atom. The number of benzene rings is 2. The number of hydrogen-bond acceptors (Lipinski definition) is 3. The van der Waals surface area contributed by atoms with Gasteiger partial charge in [-0.3, -0.25) is 0 Å². The Kier molecular flexibility index (Phi) is 7.63. The van der Waals surface area contributed by atoms with E-state index in [9.17, 15) is 0 Å². The fourth-order valence-corrected chi connectivity index (χ4v) is 2.62.